The summed E-state index contributed by atoms with van der Waals surface area (Å²) in [6, 6.07) is 21.5. The van der Waals surface area contributed by atoms with E-state index in [0.717, 1.165) is 59.4 Å². The number of rotatable bonds is 4. The molecule has 8 heteroatoms. The fourth-order valence-electron chi connectivity index (χ4n) is 5.30. The van der Waals surface area contributed by atoms with Gasteiger partial charge in [0.1, 0.15) is 11.5 Å². The van der Waals surface area contributed by atoms with E-state index in [4.69, 9.17) is 4.42 Å². The molecule has 8 nitrogen and oxygen atoms in total. The van der Waals surface area contributed by atoms with Crippen LogP contribution in [0.2, 0.25) is 0 Å². The number of pyridine rings is 1. The van der Waals surface area contributed by atoms with Crippen molar-refractivity contribution >= 4 is 34.1 Å². The second-order valence-corrected chi connectivity index (χ2v) is 9.71. The maximum atomic E-state index is 13.4. The highest BCUT2D eigenvalue weighted by atomic mass is 16.4. The van der Waals surface area contributed by atoms with E-state index in [1.807, 2.05) is 60.4 Å². The minimum Gasteiger partial charge on any atom is -0.455 e. The first-order valence-corrected chi connectivity index (χ1v) is 13.0. The highest BCUT2D eigenvalue weighted by Gasteiger charge is 2.31. The summed E-state index contributed by atoms with van der Waals surface area (Å²) < 4.78 is 6.12. The molecule has 0 spiro atoms. The van der Waals surface area contributed by atoms with E-state index in [-0.39, 0.29) is 11.8 Å². The van der Waals surface area contributed by atoms with E-state index in [0.29, 0.717) is 31.0 Å². The number of carbonyl (C=O) groups is 2. The van der Waals surface area contributed by atoms with Crippen LogP contribution in [0.25, 0.3) is 10.9 Å². The van der Waals surface area contributed by atoms with E-state index >= 15 is 0 Å². The molecule has 0 bridgehead atoms. The Balaban J connectivity index is 1.17. The summed E-state index contributed by atoms with van der Waals surface area (Å²) in [6.45, 7) is 4.72. The van der Waals surface area contributed by atoms with Gasteiger partial charge in [-0.2, -0.15) is 5.10 Å². The average molecular weight is 508 g/mol. The summed E-state index contributed by atoms with van der Waals surface area (Å²) in [6.07, 6.45) is 2.28. The Hall–Kier alpha value is -4.46. The molecule has 0 radical (unpaired) electrons. The fraction of sp³-hybridized carbons (Fsp3) is 0.267. The minimum atomic E-state index is -0.371. The highest BCUT2D eigenvalue weighted by molar-refractivity contribution is 6.07. The highest BCUT2D eigenvalue weighted by Crippen LogP contribution is 2.31. The third kappa shape index (κ3) is 4.53. The Morgan fingerprint density at radius 3 is 2.50 bits per heavy atom. The monoisotopic (exact) mass is 507 g/mol. The minimum absolute atomic E-state index is 0.0895. The average Bonchev–Trinajstić information content (AvgIpc) is 3.32. The van der Waals surface area contributed by atoms with Crippen molar-refractivity contribution in [3.63, 3.8) is 0 Å². The molecule has 0 atom stereocenters. The van der Waals surface area contributed by atoms with Crippen molar-refractivity contribution in [3.8, 4) is 0 Å². The van der Waals surface area contributed by atoms with Crippen molar-refractivity contribution in [2.24, 2.45) is 5.10 Å². The van der Waals surface area contributed by atoms with Gasteiger partial charge in [-0.3, -0.25) is 9.59 Å². The van der Waals surface area contributed by atoms with Crippen LogP contribution in [-0.2, 0) is 6.42 Å². The lowest BCUT2D eigenvalue weighted by atomic mass is 9.93. The van der Waals surface area contributed by atoms with Crippen LogP contribution in [0, 0.1) is 6.92 Å². The first-order chi connectivity index (χ1) is 18.6. The van der Waals surface area contributed by atoms with Gasteiger partial charge >= 0.3 is 0 Å². The molecule has 1 saturated heterocycles. The number of piperazine rings is 1. The lowest BCUT2D eigenvalue weighted by molar-refractivity contribution is 0.0711. The van der Waals surface area contributed by atoms with Gasteiger partial charge in [-0.05, 0) is 44.0 Å². The third-order valence-electron chi connectivity index (χ3n) is 7.33. The molecule has 192 valence electrons. The first-order valence-electron chi connectivity index (χ1n) is 13.0. The maximum absolute atomic E-state index is 13.4. The Morgan fingerprint density at radius 2 is 1.68 bits per heavy atom. The van der Waals surface area contributed by atoms with Crippen LogP contribution in [-0.4, -0.2) is 53.6 Å². The molecule has 2 aromatic heterocycles. The third-order valence-corrected chi connectivity index (χ3v) is 7.33. The summed E-state index contributed by atoms with van der Waals surface area (Å²) >= 11 is 0. The van der Waals surface area contributed by atoms with Crippen molar-refractivity contribution in [2.45, 2.75) is 26.2 Å². The molecule has 1 N–H and O–H groups in total. The number of furan rings is 1. The van der Waals surface area contributed by atoms with Gasteiger partial charge in [0.25, 0.3) is 11.8 Å². The number of nitrogens with zero attached hydrogens (tertiary/aromatic N) is 4. The normalized spacial score (nSPS) is 16.5. The van der Waals surface area contributed by atoms with Crippen LogP contribution >= 0.6 is 0 Å². The molecule has 6 rings (SSSR count). The molecular formula is C30H29N5O3. The van der Waals surface area contributed by atoms with Gasteiger partial charge in [-0.1, -0.05) is 42.5 Å². The molecule has 2 aliphatic rings. The van der Waals surface area contributed by atoms with Crippen molar-refractivity contribution in [2.75, 3.05) is 31.1 Å². The van der Waals surface area contributed by atoms with Crippen LogP contribution < -0.4 is 10.3 Å². The molecule has 1 aliphatic carbocycles. The van der Waals surface area contributed by atoms with E-state index < -0.39 is 0 Å². The van der Waals surface area contributed by atoms with Crippen molar-refractivity contribution < 1.29 is 14.0 Å². The zero-order valence-electron chi connectivity index (χ0n) is 21.3. The van der Waals surface area contributed by atoms with E-state index in [9.17, 15) is 9.59 Å². The number of fused-ring (bicyclic) bond motifs is 2. The van der Waals surface area contributed by atoms with Gasteiger partial charge in [-0.25, -0.2) is 10.4 Å². The predicted molar refractivity (Wildman–Crippen MR) is 147 cm³/mol. The van der Waals surface area contributed by atoms with Crippen LogP contribution in [0.3, 0.4) is 0 Å². The zero-order valence-corrected chi connectivity index (χ0v) is 21.3. The summed E-state index contributed by atoms with van der Waals surface area (Å²) in [5.41, 5.74) is 7.26. The second-order valence-electron chi connectivity index (χ2n) is 9.71. The maximum Gasteiger partial charge on any atom is 0.289 e. The van der Waals surface area contributed by atoms with Gasteiger partial charge in [-0.15, -0.1) is 0 Å². The Bertz CT molecular complexity index is 1530. The number of carbonyl (C=O) groups excluding carboxylic acids is 2. The molecule has 2 amide bonds. The fourth-order valence-corrected chi connectivity index (χ4v) is 5.30. The number of para-hydroxylation sites is 2. The number of amides is 2. The van der Waals surface area contributed by atoms with Gasteiger partial charge in [0.2, 0.25) is 0 Å². The standard InChI is InChI=1S/C30H29N5O3/c1-20-27-24(32-33-29(36)25-15-14-21-8-5-6-11-23(21)31-25)12-7-13-26(27)38-28(20)30(37)35-18-16-34(17-19-35)22-9-3-2-4-10-22/h2-6,8-11,14-15H,7,12-13,16-19H2,1H3,(H,33,36)/b32-24+. The van der Waals surface area contributed by atoms with Crippen LogP contribution in [0.4, 0.5) is 5.69 Å². The number of benzene rings is 2. The van der Waals surface area contributed by atoms with Crippen LogP contribution in [0.15, 0.2) is 76.2 Å². The topological polar surface area (TPSA) is 91.0 Å². The molecule has 1 aliphatic heterocycles. The van der Waals surface area contributed by atoms with Crippen molar-refractivity contribution in [1.29, 1.82) is 0 Å². The van der Waals surface area contributed by atoms with Crippen LogP contribution in [0.1, 0.15) is 50.8 Å². The Morgan fingerprint density at radius 1 is 0.921 bits per heavy atom. The Kier molecular flexibility index (Phi) is 6.37. The Labute approximate surface area is 221 Å². The lowest BCUT2D eigenvalue weighted by Gasteiger charge is -2.35. The molecule has 2 aromatic carbocycles. The number of hydrogen-bond acceptors (Lipinski definition) is 6. The van der Waals surface area contributed by atoms with E-state index in [2.05, 4.69) is 32.5 Å². The molecule has 1 fully saturated rings. The van der Waals surface area contributed by atoms with Gasteiger partial charge in [0, 0.05) is 54.8 Å². The smallest absolute Gasteiger partial charge is 0.289 e. The summed E-state index contributed by atoms with van der Waals surface area (Å²) in [4.78, 5) is 34.9. The SMILES string of the molecule is Cc1c(C(=O)N2CCN(c3ccccc3)CC2)oc2c1/C(=N/NC(=O)c1ccc3ccccc3n1)CCC2. The molecule has 0 unspecified atom stereocenters. The number of hydrogen-bond donors (Lipinski definition) is 1. The first kappa shape index (κ1) is 23.9. The van der Waals surface area contributed by atoms with Crippen molar-refractivity contribution in [3.05, 3.63) is 95.1 Å². The summed E-state index contributed by atoms with van der Waals surface area (Å²) in [5, 5.41) is 5.43. The summed E-state index contributed by atoms with van der Waals surface area (Å²) in [5.74, 6) is 0.676. The quantitative estimate of drug-likeness (QED) is 0.409. The molecular weight excluding hydrogens is 478 g/mol. The molecule has 38 heavy (non-hydrogen) atoms. The van der Waals surface area contributed by atoms with E-state index in [1.165, 1.54) is 5.69 Å². The zero-order chi connectivity index (χ0) is 26.1. The summed E-state index contributed by atoms with van der Waals surface area (Å²) in [7, 11) is 0. The van der Waals surface area contributed by atoms with Gasteiger partial charge < -0.3 is 14.2 Å². The number of aromatic nitrogens is 1. The van der Waals surface area contributed by atoms with E-state index in [1.54, 1.807) is 6.07 Å². The largest absolute Gasteiger partial charge is 0.455 e. The number of hydrazone groups is 1. The predicted octanol–water partition coefficient (Wildman–Crippen LogP) is 4.57. The number of nitrogens with one attached hydrogen (secondary N) is 1. The number of anilines is 1. The van der Waals surface area contributed by atoms with Crippen molar-refractivity contribution in [1.82, 2.24) is 15.3 Å². The number of aryl methyl sites for hydroxylation is 1. The van der Waals surface area contributed by atoms with Gasteiger partial charge in [0.05, 0.1) is 11.2 Å². The molecule has 0 saturated carbocycles. The second kappa shape index (κ2) is 10.1. The molecule has 4 aromatic rings. The van der Waals surface area contributed by atoms with Gasteiger partial charge in [0.15, 0.2) is 5.76 Å². The lowest BCUT2D eigenvalue weighted by Crippen LogP contribution is -2.48. The van der Waals surface area contributed by atoms with Crippen LogP contribution in [0.5, 0.6) is 0 Å². The molecule has 3 heterocycles.